The molecular formula is C16H27N3O4S2. The molecule has 0 atom stereocenters. The van der Waals surface area contributed by atoms with E-state index >= 15 is 0 Å². The Hall–Kier alpha value is -1.00. The van der Waals surface area contributed by atoms with E-state index in [1.165, 1.54) is 8.61 Å². The maximum atomic E-state index is 12.4. The zero-order chi connectivity index (χ0) is 18.3. The standard InChI is InChI=1S/C16H27N3O4S2/c1-24(20,21)18(11-5-8-16-6-3-2-4-7-16)14-15-25(22,23)19-12-9-17-10-13-19/h2-4,6-7,17H,5,8-15H2,1H3. The summed E-state index contributed by atoms with van der Waals surface area (Å²) in [4.78, 5) is 0. The monoisotopic (exact) mass is 389 g/mol. The highest BCUT2D eigenvalue weighted by atomic mass is 32.2. The summed E-state index contributed by atoms with van der Waals surface area (Å²) in [5.41, 5.74) is 1.14. The maximum absolute atomic E-state index is 12.4. The largest absolute Gasteiger partial charge is 0.314 e. The van der Waals surface area contributed by atoms with Crippen LogP contribution in [0.15, 0.2) is 30.3 Å². The van der Waals surface area contributed by atoms with E-state index in [1.807, 2.05) is 30.3 Å². The second kappa shape index (κ2) is 9.09. The lowest BCUT2D eigenvalue weighted by Crippen LogP contribution is -2.48. The second-order valence-electron chi connectivity index (χ2n) is 6.22. The Morgan fingerprint density at radius 3 is 2.28 bits per heavy atom. The van der Waals surface area contributed by atoms with Gasteiger partial charge in [-0.3, -0.25) is 0 Å². The van der Waals surface area contributed by atoms with E-state index in [1.54, 1.807) is 0 Å². The van der Waals surface area contributed by atoms with Crippen molar-refractivity contribution in [2.24, 2.45) is 0 Å². The Morgan fingerprint density at radius 1 is 1.04 bits per heavy atom. The number of piperazine rings is 1. The molecule has 0 aliphatic carbocycles. The minimum absolute atomic E-state index is 0.000114. The summed E-state index contributed by atoms with van der Waals surface area (Å²) in [7, 11) is -6.86. The summed E-state index contributed by atoms with van der Waals surface area (Å²) < 4.78 is 51.4. The lowest BCUT2D eigenvalue weighted by Gasteiger charge is -2.28. The van der Waals surface area contributed by atoms with E-state index < -0.39 is 20.0 Å². The van der Waals surface area contributed by atoms with Crippen LogP contribution >= 0.6 is 0 Å². The molecule has 142 valence electrons. The lowest BCUT2D eigenvalue weighted by molar-refractivity contribution is 0.356. The first-order chi connectivity index (χ1) is 11.8. The zero-order valence-electron chi connectivity index (χ0n) is 14.6. The molecule has 1 aliphatic heterocycles. The minimum atomic E-state index is -3.43. The predicted molar refractivity (Wildman–Crippen MR) is 99.4 cm³/mol. The third-order valence-corrected chi connectivity index (χ3v) is 7.41. The van der Waals surface area contributed by atoms with Crippen LogP contribution < -0.4 is 5.32 Å². The zero-order valence-corrected chi connectivity index (χ0v) is 16.2. The van der Waals surface area contributed by atoms with Crippen LogP contribution in [0.1, 0.15) is 12.0 Å². The molecule has 1 heterocycles. The molecule has 0 aromatic heterocycles. The number of sulfonamides is 2. The Kier molecular flexibility index (Phi) is 7.38. The molecule has 0 radical (unpaired) electrons. The van der Waals surface area contributed by atoms with Gasteiger partial charge in [0.2, 0.25) is 20.0 Å². The molecule has 0 spiro atoms. The summed E-state index contributed by atoms with van der Waals surface area (Å²) in [5, 5.41) is 3.11. The Labute approximate surface area is 151 Å². The maximum Gasteiger partial charge on any atom is 0.215 e. The van der Waals surface area contributed by atoms with E-state index in [0.29, 0.717) is 39.1 Å². The van der Waals surface area contributed by atoms with Gasteiger partial charge in [-0.2, -0.15) is 4.31 Å². The van der Waals surface area contributed by atoms with E-state index in [9.17, 15) is 16.8 Å². The van der Waals surface area contributed by atoms with Crippen molar-refractivity contribution in [1.29, 1.82) is 0 Å². The van der Waals surface area contributed by atoms with Gasteiger partial charge in [0, 0.05) is 39.3 Å². The SMILES string of the molecule is CS(=O)(=O)N(CCCc1ccccc1)CCS(=O)(=O)N1CCNCC1. The topological polar surface area (TPSA) is 86.8 Å². The molecule has 0 bridgehead atoms. The van der Waals surface area contributed by atoms with Crippen molar-refractivity contribution in [1.82, 2.24) is 13.9 Å². The molecule has 1 saturated heterocycles. The van der Waals surface area contributed by atoms with Crippen molar-refractivity contribution >= 4 is 20.0 Å². The number of hydrogen-bond acceptors (Lipinski definition) is 5. The first-order valence-electron chi connectivity index (χ1n) is 8.46. The molecule has 1 fully saturated rings. The van der Waals surface area contributed by atoms with Gasteiger partial charge in [-0.25, -0.2) is 21.1 Å². The fourth-order valence-electron chi connectivity index (χ4n) is 2.82. The number of rotatable bonds is 9. The van der Waals surface area contributed by atoms with Crippen LogP contribution in [0.25, 0.3) is 0 Å². The average molecular weight is 390 g/mol. The molecule has 0 saturated carbocycles. The van der Waals surface area contributed by atoms with E-state index in [-0.39, 0.29) is 12.3 Å². The van der Waals surface area contributed by atoms with E-state index in [0.717, 1.165) is 18.2 Å². The third-order valence-electron chi connectivity index (χ3n) is 4.25. The molecule has 1 aliphatic rings. The van der Waals surface area contributed by atoms with Crippen LogP contribution in [0.3, 0.4) is 0 Å². The third kappa shape index (κ3) is 6.67. The van der Waals surface area contributed by atoms with Gasteiger partial charge in [0.15, 0.2) is 0 Å². The summed E-state index contributed by atoms with van der Waals surface area (Å²) in [5.74, 6) is -0.175. The van der Waals surface area contributed by atoms with Gasteiger partial charge in [0.1, 0.15) is 0 Å². The average Bonchev–Trinajstić information content (AvgIpc) is 2.58. The number of nitrogens with zero attached hydrogens (tertiary/aromatic N) is 2. The highest BCUT2D eigenvalue weighted by molar-refractivity contribution is 7.89. The van der Waals surface area contributed by atoms with Crippen LogP contribution in [0.2, 0.25) is 0 Å². The molecule has 0 unspecified atom stereocenters. The van der Waals surface area contributed by atoms with Crippen molar-refractivity contribution in [2.75, 3.05) is 51.3 Å². The number of hydrogen-bond donors (Lipinski definition) is 1. The first kappa shape index (κ1) is 20.3. The molecule has 1 N–H and O–H groups in total. The molecule has 25 heavy (non-hydrogen) atoms. The van der Waals surface area contributed by atoms with Crippen LogP contribution in [0.5, 0.6) is 0 Å². The van der Waals surface area contributed by atoms with Crippen molar-refractivity contribution < 1.29 is 16.8 Å². The number of benzene rings is 1. The fourth-order valence-corrected chi connectivity index (χ4v) is 5.26. The normalized spacial score (nSPS) is 17.0. The molecule has 0 amide bonds. The van der Waals surface area contributed by atoms with Gasteiger partial charge < -0.3 is 5.32 Å². The fraction of sp³-hybridized carbons (Fsp3) is 0.625. The van der Waals surface area contributed by atoms with E-state index in [2.05, 4.69) is 5.32 Å². The van der Waals surface area contributed by atoms with Gasteiger partial charge in [0.05, 0.1) is 12.0 Å². The smallest absolute Gasteiger partial charge is 0.215 e. The summed E-state index contributed by atoms with van der Waals surface area (Å²) in [6, 6.07) is 9.83. The molecule has 1 aromatic rings. The van der Waals surface area contributed by atoms with Crippen LogP contribution in [0, 0.1) is 0 Å². The van der Waals surface area contributed by atoms with Crippen LogP contribution in [-0.4, -0.2) is 76.7 Å². The molecule has 9 heteroatoms. The first-order valence-corrected chi connectivity index (χ1v) is 11.9. The van der Waals surface area contributed by atoms with Gasteiger partial charge in [-0.1, -0.05) is 30.3 Å². The van der Waals surface area contributed by atoms with Gasteiger partial charge in [0.25, 0.3) is 0 Å². The van der Waals surface area contributed by atoms with Crippen molar-refractivity contribution in [3.05, 3.63) is 35.9 Å². The van der Waals surface area contributed by atoms with Gasteiger partial charge in [-0.05, 0) is 18.4 Å². The highest BCUT2D eigenvalue weighted by Gasteiger charge is 2.26. The van der Waals surface area contributed by atoms with Gasteiger partial charge >= 0.3 is 0 Å². The van der Waals surface area contributed by atoms with Crippen molar-refractivity contribution in [3.63, 3.8) is 0 Å². The van der Waals surface area contributed by atoms with Crippen LogP contribution in [0.4, 0.5) is 0 Å². The highest BCUT2D eigenvalue weighted by Crippen LogP contribution is 2.09. The quantitative estimate of drug-likeness (QED) is 0.648. The lowest BCUT2D eigenvalue weighted by atomic mass is 10.1. The number of nitrogens with one attached hydrogen (secondary N) is 1. The Bertz CT molecular complexity index is 730. The minimum Gasteiger partial charge on any atom is -0.314 e. The molecular weight excluding hydrogens is 362 g/mol. The number of aryl methyl sites for hydroxylation is 1. The Balaban J connectivity index is 1.89. The van der Waals surface area contributed by atoms with E-state index in [4.69, 9.17) is 0 Å². The summed E-state index contributed by atoms with van der Waals surface area (Å²) in [6.45, 7) is 2.47. The summed E-state index contributed by atoms with van der Waals surface area (Å²) in [6.07, 6.45) is 2.55. The molecule has 2 rings (SSSR count). The molecule has 1 aromatic carbocycles. The van der Waals surface area contributed by atoms with Crippen molar-refractivity contribution in [2.45, 2.75) is 12.8 Å². The Morgan fingerprint density at radius 2 is 1.68 bits per heavy atom. The predicted octanol–water partition coefficient (Wildman–Crippen LogP) is 0.116. The van der Waals surface area contributed by atoms with Gasteiger partial charge in [-0.15, -0.1) is 0 Å². The van der Waals surface area contributed by atoms with Crippen molar-refractivity contribution in [3.8, 4) is 0 Å². The second-order valence-corrected chi connectivity index (χ2v) is 10.3. The summed E-state index contributed by atoms with van der Waals surface area (Å²) >= 11 is 0. The van der Waals surface area contributed by atoms with Crippen LogP contribution in [-0.2, 0) is 26.5 Å². The molecule has 7 nitrogen and oxygen atoms in total.